The Bertz CT molecular complexity index is 566. The molecule has 0 amide bonds. The Labute approximate surface area is 168 Å². The van der Waals surface area contributed by atoms with Crippen LogP contribution in [0, 0.1) is 19.8 Å². The van der Waals surface area contributed by atoms with E-state index in [4.69, 9.17) is 0 Å². The molecular formula is C16H26F3IN4S. The van der Waals surface area contributed by atoms with Crippen molar-refractivity contribution >= 4 is 41.3 Å². The largest absolute Gasteiger partial charge is 0.391 e. The lowest BCUT2D eigenvalue weighted by atomic mass is 9.85. The van der Waals surface area contributed by atoms with Gasteiger partial charge in [-0.15, -0.1) is 35.3 Å². The molecule has 0 atom stereocenters. The van der Waals surface area contributed by atoms with Gasteiger partial charge in [0.25, 0.3) is 0 Å². The molecule has 4 nitrogen and oxygen atoms in total. The van der Waals surface area contributed by atoms with Crippen molar-refractivity contribution in [1.82, 2.24) is 15.6 Å². The molecule has 0 aliphatic heterocycles. The minimum absolute atomic E-state index is 0. The van der Waals surface area contributed by atoms with Crippen LogP contribution in [-0.2, 0) is 6.54 Å². The molecule has 1 aromatic rings. The first kappa shape index (κ1) is 22.5. The second kappa shape index (κ2) is 9.94. The second-order valence-electron chi connectivity index (χ2n) is 6.17. The smallest absolute Gasteiger partial charge is 0.357 e. The Balaban J connectivity index is 0.00000312. The zero-order valence-electron chi connectivity index (χ0n) is 14.7. The maximum atomic E-state index is 12.7. The summed E-state index contributed by atoms with van der Waals surface area (Å²) in [5.41, 5.74) is 0.989. The van der Waals surface area contributed by atoms with Gasteiger partial charge in [-0.2, -0.15) is 13.2 Å². The molecule has 0 saturated heterocycles. The van der Waals surface area contributed by atoms with Gasteiger partial charge in [0, 0.05) is 17.5 Å². The summed E-state index contributed by atoms with van der Waals surface area (Å²) in [5.74, 6) is -0.490. The highest BCUT2D eigenvalue weighted by molar-refractivity contribution is 14.0. The summed E-state index contributed by atoms with van der Waals surface area (Å²) in [6.45, 7) is 7.15. The van der Waals surface area contributed by atoms with Gasteiger partial charge in [0.2, 0.25) is 0 Å². The molecule has 1 fully saturated rings. The average molecular weight is 490 g/mol. The third-order valence-electron chi connectivity index (χ3n) is 4.26. The van der Waals surface area contributed by atoms with E-state index in [1.165, 1.54) is 0 Å². The van der Waals surface area contributed by atoms with E-state index in [9.17, 15) is 13.2 Å². The van der Waals surface area contributed by atoms with Crippen molar-refractivity contribution in [2.45, 2.75) is 65.2 Å². The number of nitrogens with zero attached hydrogens (tertiary/aromatic N) is 2. The molecule has 0 unspecified atom stereocenters. The average Bonchev–Trinajstić information content (AvgIpc) is 2.82. The molecule has 25 heavy (non-hydrogen) atoms. The van der Waals surface area contributed by atoms with Gasteiger partial charge in [0.05, 0.1) is 23.2 Å². The fraction of sp³-hybridized carbons (Fsp3) is 0.750. The zero-order chi connectivity index (χ0) is 17.7. The van der Waals surface area contributed by atoms with Crippen LogP contribution in [0.1, 0.15) is 48.2 Å². The number of aromatic nitrogens is 1. The summed E-state index contributed by atoms with van der Waals surface area (Å²) >= 11 is 1.62. The maximum Gasteiger partial charge on any atom is 0.391 e. The number of hydrogen-bond donors (Lipinski definition) is 2. The molecule has 1 aliphatic rings. The SMILES string of the molecule is CCNC(=NCc1sc(C)nc1C)NC1CCC(C(F)(F)F)CC1.I. The first-order valence-corrected chi connectivity index (χ1v) is 9.15. The predicted octanol–water partition coefficient (Wildman–Crippen LogP) is 4.55. The van der Waals surface area contributed by atoms with Crippen molar-refractivity contribution in [1.29, 1.82) is 0 Å². The quantitative estimate of drug-likeness (QED) is 0.370. The molecule has 1 heterocycles. The van der Waals surface area contributed by atoms with Gasteiger partial charge in [-0.05, 0) is 46.5 Å². The highest BCUT2D eigenvalue weighted by Crippen LogP contribution is 2.37. The molecule has 0 radical (unpaired) electrons. The number of aliphatic imine (C=N–C) groups is 1. The van der Waals surface area contributed by atoms with E-state index >= 15 is 0 Å². The number of rotatable bonds is 4. The Morgan fingerprint density at radius 1 is 1.24 bits per heavy atom. The molecule has 1 aliphatic carbocycles. The molecule has 2 N–H and O–H groups in total. The Morgan fingerprint density at radius 2 is 1.88 bits per heavy atom. The topological polar surface area (TPSA) is 49.3 Å². The molecular weight excluding hydrogens is 464 g/mol. The normalized spacial score (nSPS) is 21.6. The van der Waals surface area contributed by atoms with Crippen molar-refractivity contribution < 1.29 is 13.2 Å². The van der Waals surface area contributed by atoms with Crippen LogP contribution in [0.3, 0.4) is 0 Å². The predicted molar refractivity (Wildman–Crippen MR) is 107 cm³/mol. The Morgan fingerprint density at radius 3 is 2.36 bits per heavy atom. The van der Waals surface area contributed by atoms with E-state index in [-0.39, 0.29) is 42.9 Å². The molecule has 2 rings (SSSR count). The van der Waals surface area contributed by atoms with Crippen molar-refractivity contribution in [3.05, 3.63) is 15.6 Å². The van der Waals surface area contributed by atoms with Crippen molar-refractivity contribution in [3.63, 3.8) is 0 Å². The van der Waals surface area contributed by atoms with Gasteiger partial charge < -0.3 is 10.6 Å². The monoisotopic (exact) mass is 490 g/mol. The van der Waals surface area contributed by atoms with Crippen LogP contribution in [0.25, 0.3) is 0 Å². The van der Waals surface area contributed by atoms with E-state index < -0.39 is 12.1 Å². The fourth-order valence-electron chi connectivity index (χ4n) is 2.95. The van der Waals surface area contributed by atoms with E-state index in [1.54, 1.807) is 11.3 Å². The number of halogens is 4. The van der Waals surface area contributed by atoms with Crippen LogP contribution >= 0.6 is 35.3 Å². The lowest BCUT2D eigenvalue weighted by Crippen LogP contribution is -2.45. The van der Waals surface area contributed by atoms with Gasteiger partial charge in [-0.1, -0.05) is 0 Å². The van der Waals surface area contributed by atoms with E-state index in [0.717, 1.165) is 15.6 Å². The standard InChI is InChI=1S/C16H25F3N4S.HI/c1-4-20-15(21-9-14-10(2)22-11(3)24-14)23-13-7-5-12(6-8-13)16(17,18)19;/h12-13H,4-9H2,1-3H3,(H2,20,21,23);1H. The van der Waals surface area contributed by atoms with Gasteiger partial charge in [-0.3, -0.25) is 0 Å². The summed E-state index contributed by atoms with van der Waals surface area (Å²) in [4.78, 5) is 10.1. The number of nitrogens with one attached hydrogen (secondary N) is 2. The highest BCUT2D eigenvalue weighted by Gasteiger charge is 2.41. The van der Waals surface area contributed by atoms with Crippen LogP contribution in [-0.4, -0.2) is 29.7 Å². The summed E-state index contributed by atoms with van der Waals surface area (Å²) in [7, 11) is 0. The third-order valence-corrected chi connectivity index (χ3v) is 5.31. The van der Waals surface area contributed by atoms with Crippen LogP contribution < -0.4 is 10.6 Å². The fourth-order valence-corrected chi connectivity index (χ4v) is 3.81. The molecule has 1 saturated carbocycles. The highest BCUT2D eigenvalue weighted by atomic mass is 127. The van der Waals surface area contributed by atoms with Crippen molar-refractivity contribution in [2.24, 2.45) is 10.9 Å². The number of thiazole rings is 1. The molecule has 0 aromatic carbocycles. The number of aryl methyl sites for hydroxylation is 2. The maximum absolute atomic E-state index is 12.7. The minimum atomic E-state index is -4.06. The first-order chi connectivity index (χ1) is 11.3. The zero-order valence-corrected chi connectivity index (χ0v) is 17.9. The van der Waals surface area contributed by atoms with Crippen LogP contribution in [0.15, 0.2) is 4.99 Å². The molecule has 1 aromatic heterocycles. The molecule has 144 valence electrons. The Hall–Kier alpha value is -0.580. The number of hydrogen-bond acceptors (Lipinski definition) is 3. The molecule has 9 heteroatoms. The molecule has 0 spiro atoms. The van der Waals surface area contributed by atoms with Gasteiger partial charge in [0.1, 0.15) is 0 Å². The van der Waals surface area contributed by atoms with Crippen LogP contribution in [0.4, 0.5) is 13.2 Å². The second-order valence-corrected chi connectivity index (χ2v) is 7.46. The summed E-state index contributed by atoms with van der Waals surface area (Å²) in [6.07, 6.45) is -2.65. The lowest BCUT2D eigenvalue weighted by Gasteiger charge is -2.31. The minimum Gasteiger partial charge on any atom is -0.357 e. The van der Waals surface area contributed by atoms with Gasteiger partial charge in [0.15, 0.2) is 5.96 Å². The Kier molecular flexibility index (Phi) is 8.93. The van der Waals surface area contributed by atoms with Crippen molar-refractivity contribution in [3.8, 4) is 0 Å². The summed E-state index contributed by atoms with van der Waals surface area (Å²) in [6, 6.07) is 0.0469. The van der Waals surface area contributed by atoms with Crippen LogP contribution in [0.2, 0.25) is 0 Å². The summed E-state index contributed by atoms with van der Waals surface area (Å²) < 4.78 is 38.2. The van der Waals surface area contributed by atoms with Crippen LogP contribution in [0.5, 0.6) is 0 Å². The van der Waals surface area contributed by atoms with E-state index in [2.05, 4.69) is 20.6 Å². The van der Waals surface area contributed by atoms with E-state index in [1.807, 2.05) is 20.8 Å². The van der Waals surface area contributed by atoms with Gasteiger partial charge >= 0.3 is 6.18 Å². The van der Waals surface area contributed by atoms with Crippen molar-refractivity contribution in [2.75, 3.05) is 6.54 Å². The third kappa shape index (κ3) is 6.92. The van der Waals surface area contributed by atoms with Gasteiger partial charge in [-0.25, -0.2) is 9.98 Å². The summed E-state index contributed by atoms with van der Waals surface area (Å²) in [5, 5.41) is 7.46. The first-order valence-electron chi connectivity index (χ1n) is 8.34. The number of alkyl halides is 3. The van der Waals surface area contributed by atoms with E-state index in [0.29, 0.717) is 31.9 Å². The lowest BCUT2D eigenvalue weighted by molar-refractivity contribution is -0.182. The number of guanidine groups is 1. The molecule has 0 bridgehead atoms.